The van der Waals surface area contributed by atoms with E-state index in [1.807, 2.05) is 6.08 Å². The molecule has 4 rings (SSSR count). The highest BCUT2D eigenvalue weighted by atomic mass is 16.3. The van der Waals surface area contributed by atoms with E-state index in [9.17, 15) is 15.2 Å². The molecule has 0 heterocycles. The van der Waals surface area contributed by atoms with Crippen molar-refractivity contribution >= 4 is 5.78 Å². The summed E-state index contributed by atoms with van der Waals surface area (Å²) in [7, 11) is 0. The number of nitrogens with zero attached hydrogens (tertiary/aromatic N) is 1. The van der Waals surface area contributed by atoms with Gasteiger partial charge in [0.2, 0.25) is 0 Å². The summed E-state index contributed by atoms with van der Waals surface area (Å²) in [6, 6.07) is 2.44. The van der Waals surface area contributed by atoms with Gasteiger partial charge in [-0.2, -0.15) is 5.26 Å². The normalized spacial score (nSPS) is 38.3. The average Bonchev–Trinajstić information content (AvgIpc) is 2.95. The van der Waals surface area contributed by atoms with Crippen LogP contribution in [0, 0.1) is 40.4 Å². The van der Waals surface area contributed by atoms with Gasteiger partial charge in [0, 0.05) is 19.4 Å². The Morgan fingerprint density at radius 1 is 1.35 bits per heavy atom. The summed E-state index contributed by atoms with van der Waals surface area (Å²) in [5.41, 5.74) is 4.13. The van der Waals surface area contributed by atoms with Crippen molar-refractivity contribution in [3.63, 3.8) is 0 Å². The van der Waals surface area contributed by atoms with Gasteiger partial charge in [-0.3, -0.25) is 4.79 Å². The predicted octanol–water partition coefficient (Wildman–Crippen LogP) is 4.50. The van der Waals surface area contributed by atoms with Crippen LogP contribution in [0.15, 0.2) is 34.9 Å². The van der Waals surface area contributed by atoms with Gasteiger partial charge in [-0.25, -0.2) is 0 Å². The molecule has 0 aromatic rings. The number of allylic oxidation sites excluding steroid dienone is 6. The lowest BCUT2D eigenvalue weighted by molar-refractivity contribution is -0.114. The first-order chi connectivity index (χ1) is 12.6. The van der Waals surface area contributed by atoms with Crippen LogP contribution in [-0.4, -0.2) is 17.5 Å². The molecule has 4 aliphatic rings. The largest absolute Gasteiger partial charge is 0.396 e. The first kappa shape index (κ1) is 17.7. The van der Waals surface area contributed by atoms with E-state index in [4.69, 9.17) is 0 Å². The first-order valence-corrected chi connectivity index (χ1v) is 10.3. The van der Waals surface area contributed by atoms with Crippen molar-refractivity contribution in [3.05, 3.63) is 34.9 Å². The van der Waals surface area contributed by atoms with Crippen LogP contribution in [0.1, 0.15) is 58.3 Å². The Labute approximate surface area is 156 Å². The highest BCUT2D eigenvalue weighted by molar-refractivity contribution is 5.93. The number of ketones is 1. The van der Waals surface area contributed by atoms with Crippen LogP contribution in [0.4, 0.5) is 0 Å². The zero-order valence-electron chi connectivity index (χ0n) is 15.7. The number of carbonyl (C=O) groups is 1. The molecule has 0 aromatic heterocycles. The van der Waals surface area contributed by atoms with Crippen LogP contribution in [0.3, 0.4) is 0 Å². The van der Waals surface area contributed by atoms with Gasteiger partial charge in [0.25, 0.3) is 0 Å². The van der Waals surface area contributed by atoms with Crippen LogP contribution < -0.4 is 0 Å². The summed E-state index contributed by atoms with van der Waals surface area (Å²) in [5, 5.41) is 19.3. The van der Waals surface area contributed by atoms with Crippen molar-refractivity contribution in [3.8, 4) is 6.07 Å². The van der Waals surface area contributed by atoms with Gasteiger partial charge in [0.1, 0.15) is 0 Å². The van der Waals surface area contributed by atoms with Gasteiger partial charge in [-0.15, -0.1) is 0 Å². The highest BCUT2D eigenvalue weighted by Gasteiger charge is 2.56. The topological polar surface area (TPSA) is 61.1 Å². The van der Waals surface area contributed by atoms with Gasteiger partial charge in [0.15, 0.2) is 5.78 Å². The molecule has 138 valence electrons. The van der Waals surface area contributed by atoms with Gasteiger partial charge in [0.05, 0.1) is 6.07 Å². The smallest absolute Gasteiger partial charge is 0.156 e. The quantitative estimate of drug-likeness (QED) is 0.811. The lowest BCUT2D eigenvalue weighted by atomic mass is 9.57. The second-order valence-corrected chi connectivity index (χ2v) is 8.61. The predicted molar refractivity (Wildman–Crippen MR) is 101 cm³/mol. The average molecular weight is 351 g/mol. The summed E-state index contributed by atoms with van der Waals surface area (Å²) >= 11 is 0. The summed E-state index contributed by atoms with van der Waals surface area (Å²) < 4.78 is 0. The lowest BCUT2D eigenvalue weighted by Crippen LogP contribution is -2.40. The number of hydrogen-bond donors (Lipinski definition) is 1. The lowest BCUT2D eigenvalue weighted by Gasteiger charge is -2.47. The molecular formula is C23H29NO2. The Kier molecular flexibility index (Phi) is 4.65. The molecule has 0 radical (unpaired) electrons. The van der Waals surface area contributed by atoms with E-state index in [1.165, 1.54) is 23.1 Å². The van der Waals surface area contributed by atoms with E-state index >= 15 is 0 Å². The number of fused-ring (bicyclic) bond motifs is 4. The fraction of sp³-hybridized carbons (Fsp3) is 0.652. The molecule has 1 fully saturated rings. The van der Waals surface area contributed by atoms with E-state index in [1.54, 1.807) is 0 Å². The molecule has 1 N–H and O–H groups in total. The fourth-order valence-corrected chi connectivity index (χ4v) is 6.66. The van der Waals surface area contributed by atoms with Crippen molar-refractivity contribution in [1.82, 2.24) is 0 Å². The van der Waals surface area contributed by atoms with Gasteiger partial charge < -0.3 is 5.11 Å². The zero-order valence-corrected chi connectivity index (χ0v) is 15.7. The molecule has 3 heteroatoms. The molecule has 0 amide bonds. The number of rotatable bonds is 4. The Morgan fingerprint density at radius 2 is 2.19 bits per heavy atom. The summed E-state index contributed by atoms with van der Waals surface area (Å²) in [4.78, 5) is 11.8. The minimum Gasteiger partial charge on any atom is -0.396 e. The molecule has 1 saturated carbocycles. The standard InChI is InChI=1S/C23H29NO2/c1-2-15-14-22-20-5-3-16-13-17(26)4-6-18(16)19(20)7-9-23(22,10-12-25)21(15)8-11-24/h7,9,13,15,20-22,25H,2-6,8,10,12,14H2,1H3/t15?,20-,21-,22+,23+/m1/s1. The van der Waals surface area contributed by atoms with Crippen molar-refractivity contribution in [2.24, 2.45) is 29.1 Å². The van der Waals surface area contributed by atoms with E-state index in [2.05, 4.69) is 25.1 Å². The molecule has 0 bridgehead atoms. The van der Waals surface area contributed by atoms with E-state index in [0.29, 0.717) is 36.5 Å². The van der Waals surface area contributed by atoms with Gasteiger partial charge >= 0.3 is 0 Å². The molecular weight excluding hydrogens is 322 g/mol. The van der Waals surface area contributed by atoms with Crippen molar-refractivity contribution in [2.75, 3.05) is 6.61 Å². The maximum absolute atomic E-state index is 11.8. The highest BCUT2D eigenvalue weighted by Crippen LogP contribution is 2.64. The molecule has 0 aliphatic heterocycles. The molecule has 0 aromatic carbocycles. The first-order valence-electron chi connectivity index (χ1n) is 10.3. The maximum Gasteiger partial charge on any atom is 0.156 e. The number of aliphatic hydroxyl groups excluding tert-OH is 1. The Morgan fingerprint density at radius 3 is 2.92 bits per heavy atom. The van der Waals surface area contributed by atoms with E-state index in [0.717, 1.165) is 32.1 Å². The van der Waals surface area contributed by atoms with Crippen LogP contribution in [0.2, 0.25) is 0 Å². The van der Waals surface area contributed by atoms with Crippen LogP contribution in [0.5, 0.6) is 0 Å². The summed E-state index contributed by atoms with van der Waals surface area (Å²) in [6.07, 6.45) is 13.9. The van der Waals surface area contributed by atoms with Crippen LogP contribution in [0.25, 0.3) is 0 Å². The third-order valence-electron chi connectivity index (χ3n) is 7.76. The number of carbonyl (C=O) groups excluding carboxylic acids is 1. The number of aliphatic hydroxyl groups is 1. The van der Waals surface area contributed by atoms with Crippen molar-refractivity contribution in [2.45, 2.75) is 58.3 Å². The molecule has 0 saturated heterocycles. The molecule has 26 heavy (non-hydrogen) atoms. The second kappa shape index (κ2) is 6.82. The van der Waals surface area contributed by atoms with Crippen molar-refractivity contribution in [1.29, 1.82) is 5.26 Å². The Bertz CT molecular complexity index is 738. The molecule has 4 aliphatic carbocycles. The molecule has 5 atom stereocenters. The third kappa shape index (κ3) is 2.54. The van der Waals surface area contributed by atoms with E-state index < -0.39 is 0 Å². The van der Waals surface area contributed by atoms with Crippen molar-refractivity contribution < 1.29 is 9.90 Å². The molecule has 3 nitrogen and oxygen atoms in total. The minimum atomic E-state index is -0.0222. The summed E-state index contributed by atoms with van der Waals surface area (Å²) in [6.45, 7) is 2.44. The minimum absolute atomic E-state index is 0.0222. The monoisotopic (exact) mass is 351 g/mol. The fourth-order valence-electron chi connectivity index (χ4n) is 6.66. The second-order valence-electron chi connectivity index (χ2n) is 8.61. The summed E-state index contributed by atoms with van der Waals surface area (Å²) in [5.74, 6) is 2.28. The number of hydrogen-bond acceptors (Lipinski definition) is 3. The number of nitriles is 1. The zero-order chi connectivity index (χ0) is 18.3. The SMILES string of the molecule is CCC1C[C@H]2[C@@H]3CCC4=CC(=O)CCC4=C3C=C[C@]2(CCO)[C@@H]1CC#N. The maximum atomic E-state index is 11.8. The third-order valence-corrected chi connectivity index (χ3v) is 7.76. The van der Waals surface area contributed by atoms with Crippen LogP contribution >= 0.6 is 0 Å². The Hall–Kier alpha value is -1.66. The molecule has 0 spiro atoms. The van der Waals surface area contributed by atoms with Gasteiger partial charge in [-0.1, -0.05) is 25.5 Å². The van der Waals surface area contributed by atoms with Crippen LogP contribution in [-0.2, 0) is 4.79 Å². The van der Waals surface area contributed by atoms with E-state index in [-0.39, 0.29) is 17.8 Å². The van der Waals surface area contributed by atoms with Gasteiger partial charge in [-0.05, 0) is 84.0 Å². The Balaban J connectivity index is 1.80. The molecule has 1 unspecified atom stereocenters.